The number of hydrogen-bond donors (Lipinski definition) is 4. The summed E-state index contributed by atoms with van der Waals surface area (Å²) in [6, 6.07) is 3.84. The van der Waals surface area contributed by atoms with E-state index in [1.54, 1.807) is 6.07 Å². The van der Waals surface area contributed by atoms with E-state index in [9.17, 15) is 15.3 Å². The van der Waals surface area contributed by atoms with E-state index in [-0.39, 0.29) is 0 Å². The van der Waals surface area contributed by atoms with Crippen LogP contribution in [-0.4, -0.2) is 45.7 Å². The summed E-state index contributed by atoms with van der Waals surface area (Å²) < 4.78 is 0. The van der Waals surface area contributed by atoms with Crippen LogP contribution in [0.3, 0.4) is 0 Å². The average molecular weight is 263 g/mol. The van der Waals surface area contributed by atoms with Crippen molar-refractivity contribution in [2.24, 2.45) is 0 Å². The summed E-state index contributed by atoms with van der Waals surface area (Å²) in [5.74, 6) is 0.306. The largest absolute Gasteiger partial charge is 0.394 e. The Hall–Kier alpha value is -1.68. The molecule has 1 aromatic rings. The lowest BCUT2D eigenvalue weighted by atomic mass is 10.0. The van der Waals surface area contributed by atoms with Crippen molar-refractivity contribution in [3.63, 3.8) is 0 Å². The van der Waals surface area contributed by atoms with Crippen LogP contribution < -0.4 is 5.32 Å². The van der Waals surface area contributed by atoms with E-state index in [2.05, 4.69) is 16.4 Å². The van der Waals surface area contributed by atoms with Crippen LogP contribution in [0.15, 0.2) is 6.07 Å². The number of nitrogens with zero attached hydrogens (tertiary/aromatic N) is 2. The van der Waals surface area contributed by atoms with Crippen LogP contribution in [0.1, 0.15) is 23.2 Å². The second-order valence-electron chi connectivity index (χ2n) is 4.84. The van der Waals surface area contributed by atoms with Gasteiger partial charge in [0.25, 0.3) is 0 Å². The number of hydrogen-bond acceptors (Lipinski definition) is 6. The predicted molar refractivity (Wildman–Crippen MR) is 68.6 cm³/mol. The van der Waals surface area contributed by atoms with Gasteiger partial charge in [-0.05, 0) is 30.9 Å². The lowest BCUT2D eigenvalue weighted by molar-refractivity contribution is 0.0831. The molecule has 1 heterocycles. The highest BCUT2D eigenvalue weighted by Crippen LogP contribution is 2.26. The van der Waals surface area contributed by atoms with Crippen LogP contribution >= 0.6 is 0 Å². The highest BCUT2D eigenvalue weighted by molar-refractivity contribution is 5.56. The molecule has 0 unspecified atom stereocenters. The first-order chi connectivity index (χ1) is 9.18. The van der Waals surface area contributed by atoms with Crippen LogP contribution in [0.5, 0.6) is 0 Å². The van der Waals surface area contributed by atoms with Gasteiger partial charge in [-0.25, -0.2) is 4.98 Å². The summed E-state index contributed by atoms with van der Waals surface area (Å²) in [5.41, 5.74) is 1.10. The Morgan fingerprint density at radius 3 is 2.53 bits per heavy atom. The Balaban J connectivity index is 2.37. The lowest BCUT2D eigenvalue weighted by Gasteiger charge is -2.29. The number of nitriles is 1. The zero-order chi connectivity index (χ0) is 13.9. The maximum Gasteiger partial charge on any atom is 0.144 e. The van der Waals surface area contributed by atoms with Crippen LogP contribution in [0.2, 0.25) is 0 Å². The summed E-state index contributed by atoms with van der Waals surface area (Å²) in [5, 5.41) is 39.9. The van der Waals surface area contributed by atoms with Crippen molar-refractivity contribution >= 4 is 5.82 Å². The quantitative estimate of drug-likeness (QED) is 0.574. The number of rotatable bonds is 5. The van der Waals surface area contributed by atoms with Gasteiger partial charge in [-0.15, -0.1) is 0 Å². The Bertz CT molecular complexity index is 498. The van der Waals surface area contributed by atoms with E-state index in [0.717, 1.165) is 30.5 Å². The first-order valence-corrected chi connectivity index (χ1v) is 6.21. The third kappa shape index (κ3) is 2.54. The molecule has 0 saturated carbocycles. The van der Waals surface area contributed by atoms with Crippen molar-refractivity contribution in [2.45, 2.75) is 24.8 Å². The van der Waals surface area contributed by atoms with Crippen LogP contribution in [0, 0.1) is 11.3 Å². The van der Waals surface area contributed by atoms with Crippen molar-refractivity contribution in [1.29, 1.82) is 5.26 Å². The number of aryl methyl sites for hydroxylation is 2. The fourth-order valence-corrected chi connectivity index (χ4v) is 2.17. The van der Waals surface area contributed by atoms with Crippen molar-refractivity contribution in [3.8, 4) is 6.07 Å². The van der Waals surface area contributed by atoms with Gasteiger partial charge in [-0.2, -0.15) is 5.26 Å². The van der Waals surface area contributed by atoms with E-state index in [4.69, 9.17) is 5.26 Å². The molecule has 0 fully saturated rings. The molecule has 0 aliphatic heterocycles. The molecule has 0 atom stereocenters. The molecule has 19 heavy (non-hydrogen) atoms. The molecule has 0 spiro atoms. The molecule has 0 saturated heterocycles. The van der Waals surface area contributed by atoms with Gasteiger partial charge in [0.05, 0.1) is 25.4 Å². The molecular weight excluding hydrogens is 246 g/mol. The van der Waals surface area contributed by atoms with E-state index < -0.39 is 25.4 Å². The lowest BCUT2D eigenvalue weighted by Crippen LogP contribution is -2.49. The summed E-state index contributed by atoms with van der Waals surface area (Å²) >= 11 is 0. The molecule has 4 N–H and O–H groups in total. The van der Waals surface area contributed by atoms with E-state index in [1.165, 1.54) is 0 Å². The number of fused-ring (bicyclic) bond motifs is 1. The number of pyridine rings is 1. The van der Waals surface area contributed by atoms with Gasteiger partial charge in [0.1, 0.15) is 17.4 Å². The molecule has 6 heteroatoms. The third-order valence-electron chi connectivity index (χ3n) is 3.46. The normalized spacial score (nSPS) is 14.0. The summed E-state index contributed by atoms with van der Waals surface area (Å²) in [6.07, 6.45) is 2.80. The topological polar surface area (TPSA) is 109 Å². The molecule has 0 radical (unpaired) electrons. The minimum Gasteiger partial charge on any atom is -0.394 e. The van der Waals surface area contributed by atoms with E-state index in [0.29, 0.717) is 11.4 Å². The molecule has 1 aliphatic rings. The Morgan fingerprint density at radius 1 is 1.26 bits per heavy atom. The molecule has 0 aromatic carbocycles. The maximum absolute atomic E-state index is 9.30. The number of aliphatic hydroxyl groups is 3. The molecule has 0 bridgehead atoms. The van der Waals surface area contributed by atoms with Crippen LogP contribution in [0.4, 0.5) is 5.82 Å². The number of nitrogens with one attached hydrogen (secondary N) is 1. The zero-order valence-electron chi connectivity index (χ0n) is 10.6. The first-order valence-electron chi connectivity index (χ1n) is 6.21. The van der Waals surface area contributed by atoms with Gasteiger partial charge < -0.3 is 20.6 Å². The molecule has 102 valence electrons. The highest BCUT2D eigenvalue weighted by Gasteiger charge is 2.30. The summed E-state index contributed by atoms with van der Waals surface area (Å²) in [6.45, 7) is -1.36. The van der Waals surface area contributed by atoms with E-state index in [1.807, 2.05) is 0 Å². The number of aromatic nitrogens is 1. The summed E-state index contributed by atoms with van der Waals surface area (Å²) in [4.78, 5) is 4.39. The molecular formula is C13H17N3O3. The summed E-state index contributed by atoms with van der Waals surface area (Å²) in [7, 11) is 0. The molecule has 2 rings (SSSR count). The zero-order valence-corrected chi connectivity index (χ0v) is 10.6. The van der Waals surface area contributed by atoms with Crippen molar-refractivity contribution in [3.05, 3.63) is 22.9 Å². The smallest absolute Gasteiger partial charge is 0.144 e. The fourth-order valence-electron chi connectivity index (χ4n) is 2.17. The SMILES string of the molecule is N#Cc1cc2c(nc1NC(CO)(CO)CO)CCC2. The molecule has 6 nitrogen and oxygen atoms in total. The number of anilines is 1. The Morgan fingerprint density at radius 2 is 1.95 bits per heavy atom. The minimum absolute atomic E-state index is 0.306. The van der Waals surface area contributed by atoms with Crippen LogP contribution in [0.25, 0.3) is 0 Å². The predicted octanol–water partition coefficient (Wildman–Crippen LogP) is -0.430. The standard InChI is InChI=1S/C13H17N3O3/c14-5-10-4-9-2-1-3-11(9)15-12(10)16-13(6-17,7-18)8-19/h4,17-19H,1-3,6-8H2,(H,15,16). The van der Waals surface area contributed by atoms with Crippen molar-refractivity contribution in [2.75, 3.05) is 25.1 Å². The molecule has 1 aromatic heterocycles. The van der Waals surface area contributed by atoms with Gasteiger partial charge >= 0.3 is 0 Å². The fraction of sp³-hybridized carbons (Fsp3) is 0.538. The highest BCUT2D eigenvalue weighted by atomic mass is 16.3. The van der Waals surface area contributed by atoms with Gasteiger partial charge in [0.2, 0.25) is 0 Å². The molecule has 1 aliphatic carbocycles. The monoisotopic (exact) mass is 263 g/mol. The average Bonchev–Trinajstić information content (AvgIpc) is 2.91. The van der Waals surface area contributed by atoms with Gasteiger partial charge in [0.15, 0.2) is 0 Å². The van der Waals surface area contributed by atoms with Gasteiger partial charge in [-0.1, -0.05) is 0 Å². The first kappa shape index (κ1) is 13.7. The van der Waals surface area contributed by atoms with Crippen molar-refractivity contribution in [1.82, 2.24) is 4.98 Å². The number of aliphatic hydroxyl groups excluding tert-OH is 3. The van der Waals surface area contributed by atoms with Gasteiger partial charge in [0, 0.05) is 5.69 Å². The molecule has 0 amide bonds. The van der Waals surface area contributed by atoms with Crippen molar-refractivity contribution < 1.29 is 15.3 Å². The Labute approximate surface area is 111 Å². The van der Waals surface area contributed by atoms with E-state index >= 15 is 0 Å². The second kappa shape index (κ2) is 5.53. The maximum atomic E-state index is 9.30. The Kier molecular flexibility index (Phi) is 4.00. The minimum atomic E-state index is -1.27. The third-order valence-corrected chi connectivity index (χ3v) is 3.46. The van der Waals surface area contributed by atoms with Gasteiger partial charge in [-0.3, -0.25) is 0 Å². The van der Waals surface area contributed by atoms with Crippen LogP contribution in [-0.2, 0) is 12.8 Å². The second-order valence-corrected chi connectivity index (χ2v) is 4.84.